The van der Waals surface area contributed by atoms with Gasteiger partial charge in [0.1, 0.15) is 18.1 Å². The average molecular weight is 304 g/mol. The molecule has 0 saturated heterocycles. The number of rotatable bonds is 6. The molecular weight excluding hydrogens is 288 g/mol. The molecular formula is C19H16N2O2. The lowest BCUT2D eigenvalue weighted by Crippen LogP contribution is -1.95. The molecule has 0 unspecified atom stereocenters. The van der Waals surface area contributed by atoms with Crippen molar-refractivity contribution >= 4 is 12.4 Å². The van der Waals surface area contributed by atoms with E-state index in [1.165, 1.54) is 0 Å². The van der Waals surface area contributed by atoms with E-state index in [1.54, 1.807) is 24.8 Å². The molecule has 114 valence electrons. The van der Waals surface area contributed by atoms with Crippen molar-refractivity contribution in [2.45, 2.75) is 6.61 Å². The van der Waals surface area contributed by atoms with Crippen molar-refractivity contribution in [3.63, 3.8) is 0 Å². The summed E-state index contributed by atoms with van der Waals surface area (Å²) in [6.07, 6.45) is 4.83. The monoisotopic (exact) mass is 304 g/mol. The second-order valence-electron chi connectivity index (χ2n) is 4.85. The predicted octanol–water partition coefficient (Wildman–Crippen LogP) is 4.31. The van der Waals surface area contributed by atoms with Crippen LogP contribution in [0.5, 0.6) is 5.75 Å². The molecule has 1 aromatic heterocycles. The number of nitrogens with zero attached hydrogens (tertiary/aromatic N) is 2. The van der Waals surface area contributed by atoms with E-state index in [0.717, 1.165) is 16.9 Å². The zero-order valence-corrected chi connectivity index (χ0v) is 12.5. The van der Waals surface area contributed by atoms with Gasteiger partial charge >= 0.3 is 0 Å². The maximum absolute atomic E-state index is 5.78. The second kappa shape index (κ2) is 7.75. The lowest BCUT2D eigenvalue weighted by molar-refractivity contribution is 0.306. The van der Waals surface area contributed by atoms with Crippen LogP contribution >= 0.6 is 0 Å². The third-order valence-corrected chi connectivity index (χ3v) is 3.11. The van der Waals surface area contributed by atoms with E-state index < -0.39 is 0 Å². The molecule has 0 amide bonds. The Morgan fingerprint density at radius 3 is 2.57 bits per heavy atom. The van der Waals surface area contributed by atoms with Crippen LogP contribution in [0.25, 0.3) is 0 Å². The van der Waals surface area contributed by atoms with Crippen LogP contribution < -0.4 is 4.74 Å². The summed E-state index contributed by atoms with van der Waals surface area (Å²) in [6, 6.07) is 21.4. The first kappa shape index (κ1) is 14.8. The van der Waals surface area contributed by atoms with Gasteiger partial charge in [0, 0.05) is 0 Å². The van der Waals surface area contributed by atoms with Gasteiger partial charge in [-0.1, -0.05) is 42.5 Å². The molecule has 0 aliphatic heterocycles. The fourth-order valence-electron chi connectivity index (χ4n) is 1.98. The Hall–Kier alpha value is -3.14. The molecule has 0 fully saturated rings. The molecule has 2 aromatic carbocycles. The van der Waals surface area contributed by atoms with Gasteiger partial charge in [-0.15, -0.1) is 0 Å². The molecule has 0 saturated carbocycles. The first-order valence-electron chi connectivity index (χ1n) is 7.27. The molecule has 1 heterocycles. The average Bonchev–Trinajstić information content (AvgIpc) is 3.12. The van der Waals surface area contributed by atoms with Gasteiger partial charge in [0.15, 0.2) is 0 Å². The minimum Gasteiger partial charge on any atom is -0.489 e. The number of benzene rings is 2. The number of furan rings is 1. The third-order valence-electron chi connectivity index (χ3n) is 3.11. The zero-order valence-electron chi connectivity index (χ0n) is 12.5. The Morgan fingerprint density at radius 1 is 0.870 bits per heavy atom. The van der Waals surface area contributed by atoms with Crippen molar-refractivity contribution in [3.8, 4) is 5.75 Å². The lowest BCUT2D eigenvalue weighted by atomic mass is 10.2. The summed E-state index contributed by atoms with van der Waals surface area (Å²) in [7, 11) is 0. The van der Waals surface area contributed by atoms with Gasteiger partial charge in [-0.3, -0.25) is 0 Å². The van der Waals surface area contributed by atoms with Crippen LogP contribution in [0, 0.1) is 0 Å². The minimum atomic E-state index is 0.540. The molecule has 0 radical (unpaired) electrons. The van der Waals surface area contributed by atoms with Crippen molar-refractivity contribution in [2.24, 2.45) is 10.2 Å². The van der Waals surface area contributed by atoms with Gasteiger partial charge in [-0.25, -0.2) is 0 Å². The normalized spacial score (nSPS) is 11.3. The maximum Gasteiger partial charge on any atom is 0.146 e. The fraction of sp³-hybridized carbons (Fsp3) is 0.0526. The van der Waals surface area contributed by atoms with Gasteiger partial charge in [-0.05, 0) is 35.4 Å². The number of hydrogen-bond donors (Lipinski definition) is 0. The molecule has 0 aliphatic carbocycles. The fourth-order valence-corrected chi connectivity index (χ4v) is 1.98. The van der Waals surface area contributed by atoms with E-state index in [0.29, 0.717) is 12.4 Å². The first-order chi connectivity index (χ1) is 11.4. The van der Waals surface area contributed by atoms with Crippen molar-refractivity contribution in [1.82, 2.24) is 0 Å². The van der Waals surface area contributed by atoms with Crippen molar-refractivity contribution in [1.29, 1.82) is 0 Å². The van der Waals surface area contributed by atoms with Crippen LogP contribution in [0.15, 0.2) is 87.6 Å². The van der Waals surface area contributed by atoms with Crippen molar-refractivity contribution in [3.05, 3.63) is 89.9 Å². The highest BCUT2D eigenvalue weighted by atomic mass is 16.5. The number of ether oxygens (including phenoxy) is 1. The summed E-state index contributed by atoms with van der Waals surface area (Å²) in [5, 5.41) is 7.95. The van der Waals surface area contributed by atoms with Gasteiger partial charge in [-0.2, -0.15) is 10.2 Å². The molecule has 4 heteroatoms. The summed E-state index contributed by atoms with van der Waals surface area (Å²) in [4.78, 5) is 0. The van der Waals surface area contributed by atoms with Crippen LogP contribution in [0.2, 0.25) is 0 Å². The summed E-state index contributed by atoms with van der Waals surface area (Å²) >= 11 is 0. The Morgan fingerprint density at radius 2 is 1.74 bits per heavy atom. The smallest absolute Gasteiger partial charge is 0.146 e. The lowest BCUT2D eigenvalue weighted by Gasteiger charge is -2.06. The van der Waals surface area contributed by atoms with E-state index >= 15 is 0 Å². The van der Waals surface area contributed by atoms with Gasteiger partial charge < -0.3 is 9.15 Å². The topological polar surface area (TPSA) is 47.1 Å². The van der Waals surface area contributed by atoms with Crippen molar-refractivity contribution < 1.29 is 9.15 Å². The zero-order chi connectivity index (χ0) is 15.7. The molecule has 3 rings (SSSR count). The third kappa shape index (κ3) is 4.68. The molecule has 0 atom stereocenters. The van der Waals surface area contributed by atoms with Crippen molar-refractivity contribution in [2.75, 3.05) is 0 Å². The van der Waals surface area contributed by atoms with E-state index in [-0.39, 0.29) is 0 Å². The molecule has 0 bridgehead atoms. The van der Waals surface area contributed by atoms with Gasteiger partial charge in [0.05, 0.1) is 18.7 Å². The van der Waals surface area contributed by atoms with E-state index in [1.807, 2.05) is 60.7 Å². The molecule has 0 spiro atoms. The highest BCUT2D eigenvalue weighted by Crippen LogP contribution is 2.14. The Bertz CT molecular complexity index is 778. The highest BCUT2D eigenvalue weighted by Gasteiger charge is 1.96. The van der Waals surface area contributed by atoms with E-state index in [4.69, 9.17) is 9.15 Å². The molecule has 23 heavy (non-hydrogen) atoms. The summed E-state index contributed by atoms with van der Waals surface area (Å²) in [6.45, 7) is 0.540. The molecule has 0 N–H and O–H groups in total. The standard InChI is InChI=1S/C19H16N2O2/c1-2-6-16(7-3-1)15-23-18-9-4-8-17(12-18)13-20-21-14-19-10-5-11-22-19/h1-14H,15H2/b20-13+,21-14-. The van der Waals surface area contributed by atoms with Crippen LogP contribution in [-0.4, -0.2) is 12.4 Å². The first-order valence-corrected chi connectivity index (χ1v) is 7.27. The van der Waals surface area contributed by atoms with Crippen LogP contribution in [0.1, 0.15) is 16.9 Å². The summed E-state index contributed by atoms with van der Waals surface area (Å²) in [5.41, 5.74) is 2.06. The summed E-state index contributed by atoms with van der Waals surface area (Å²) < 4.78 is 10.9. The van der Waals surface area contributed by atoms with E-state index in [2.05, 4.69) is 10.2 Å². The highest BCUT2D eigenvalue weighted by molar-refractivity contribution is 5.81. The van der Waals surface area contributed by atoms with Crippen LogP contribution in [0.3, 0.4) is 0 Å². The van der Waals surface area contributed by atoms with Gasteiger partial charge in [0.25, 0.3) is 0 Å². The molecule has 4 nitrogen and oxygen atoms in total. The van der Waals surface area contributed by atoms with Crippen LogP contribution in [-0.2, 0) is 6.61 Å². The quantitative estimate of drug-likeness (QED) is 0.503. The minimum absolute atomic E-state index is 0.540. The largest absolute Gasteiger partial charge is 0.489 e. The molecule has 0 aliphatic rings. The Labute approximate surface area is 134 Å². The molecule has 3 aromatic rings. The summed E-state index contributed by atoms with van der Waals surface area (Å²) in [5.74, 6) is 1.47. The predicted molar refractivity (Wildman–Crippen MR) is 91.1 cm³/mol. The SMILES string of the molecule is C(=N/N=C/c1cccc(OCc2ccccc2)c1)/c1ccco1. The number of hydrogen-bond acceptors (Lipinski definition) is 4. The Kier molecular flexibility index (Phi) is 4.98. The van der Waals surface area contributed by atoms with Crippen LogP contribution in [0.4, 0.5) is 0 Å². The second-order valence-corrected chi connectivity index (χ2v) is 4.85. The maximum atomic E-state index is 5.78. The van der Waals surface area contributed by atoms with E-state index in [9.17, 15) is 0 Å². The Balaban J connectivity index is 1.58. The van der Waals surface area contributed by atoms with Gasteiger partial charge in [0.2, 0.25) is 0 Å².